The number of aromatic nitrogens is 1. The molecule has 1 saturated heterocycles. The minimum atomic E-state index is -3.01. The third-order valence-electron chi connectivity index (χ3n) is 4.11. The molecule has 6 nitrogen and oxygen atoms in total. The fourth-order valence-electron chi connectivity index (χ4n) is 2.61. The molecule has 1 amide bonds. The van der Waals surface area contributed by atoms with Gasteiger partial charge in [-0.1, -0.05) is 13.8 Å². The maximum atomic E-state index is 12.5. The second-order valence-corrected chi connectivity index (χ2v) is 8.77. The van der Waals surface area contributed by atoms with Crippen LogP contribution in [-0.2, 0) is 9.84 Å². The number of sulfone groups is 1. The predicted octanol–water partition coefficient (Wildman–Crippen LogP) is 1.80. The largest absolute Gasteiger partial charge is 0.384 e. The van der Waals surface area contributed by atoms with Crippen molar-refractivity contribution in [3.63, 3.8) is 0 Å². The van der Waals surface area contributed by atoms with Gasteiger partial charge in [0, 0.05) is 32.0 Å². The van der Waals surface area contributed by atoms with Crippen LogP contribution in [0.2, 0.25) is 0 Å². The minimum absolute atomic E-state index is 0.0506. The molecule has 1 fully saturated rings. The number of rotatable bonds is 6. The highest BCUT2D eigenvalue weighted by atomic mass is 32.2. The van der Waals surface area contributed by atoms with Crippen LogP contribution in [0.15, 0.2) is 18.5 Å². The molecule has 0 saturated carbocycles. The summed E-state index contributed by atoms with van der Waals surface area (Å²) >= 11 is 0. The van der Waals surface area contributed by atoms with Gasteiger partial charge in [-0.3, -0.25) is 9.78 Å². The van der Waals surface area contributed by atoms with Crippen LogP contribution in [0, 0.1) is 5.92 Å². The third-order valence-corrected chi connectivity index (χ3v) is 5.86. The summed E-state index contributed by atoms with van der Waals surface area (Å²) in [6.07, 6.45) is 4.76. The second-order valence-electron chi connectivity index (χ2n) is 6.54. The van der Waals surface area contributed by atoms with E-state index in [0.29, 0.717) is 17.9 Å². The molecule has 1 aromatic heterocycles. The van der Waals surface area contributed by atoms with Gasteiger partial charge in [0.25, 0.3) is 5.91 Å². The number of nitrogens with one attached hydrogen (secondary N) is 1. The van der Waals surface area contributed by atoms with E-state index in [9.17, 15) is 13.2 Å². The van der Waals surface area contributed by atoms with Gasteiger partial charge in [0.2, 0.25) is 0 Å². The highest BCUT2D eigenvalue weighted by Gasteiger charge is 2.33. The summed E-state index contributed by atoms with van der Waals surface area (Å²) in [7, 11) is -1.35. The van der Waals surface area contributed by atoms with E-state index in [-0.39, 0.29) is 23.5 Å². The molecule has 1 aliphatic rings. The van der Waals surface area contributed by atoms with Crippen molar-refractivity contribution in [3.8, 4) is 0 Å². The highest BCUT2D eigenvalue weighted by Crippen LogP contribution is 2.19. The summed E-state index contributed by atoms with van der Waals surface area (Å²) < 4.78 is 23.1. The lowest BCUT2D eigenvalue weighted by Gasteiger charge is -2.23. The SMILES string of the molecule is CC(C)CCNc1cncc(C(=O)N(C)C2CCS(=O)(=O)C2)c1. The summed E-state index contributed by atoms with van der Waals surface area (Å²) in [4.78, 5) is 18.2. The first kappa shape index (κ1) is 17.7. The Morgan fingerprint density at radius 1 is 1.43 bits per heavy atom. The average molecular weight is 339 g/mol. The van der Waals surface area contributed by atoms with Gasteiger partial charge in [-0.2, -0.15) is 0 Å². The standard InChI is InChI=1S/C16H25N3O3S/c1-12(2)4-6-18-14-8-13(9-17-10-14)16(20)19(3)15-5-7-23(21,22)11-15/h8-10,12,15,18H,4-7,11H2,1-3H3. The van der Waals surface area contributed by atoms with Gasteiger partial charge in [-0.05, 0) is 24.8 Å². The van der Waals surface area contributed by atoms with Crippen LogP contribution < -0.4 is 5.32 Å². The Morgan fingerprint density at radius 2 is 2.17 bits per heavy atom. The van der Waals surface area contributed by atoms with Gasteiger partial charge in [0.15, 0.2) is 9.84 Å². The zero-order valence-electron chi connectivity index (χ0n) is 13.9. The molecule has 1 atom stereocenters. The number of anilines is 1. The topological polar surface area (TPSA) is 79.4 Å². The smallest absolute Gasteiger partial charge is 0.255 e. The van der Waals surface area contributed by atoms with E-state index in [1.807, 2.05) is 0 Å². The number of hydrogen-bond donors (Lipinski definition) is 1. The van der Waals surface area contributed by atoms with Crippen molar-refractivity contribution in [1.29, 1.82) is 0 Å². The average Bonchev–Trinajstić information content (AvgIpc) is 2.86. The van der Waals surface area contributed by atoms with Gasteiger partial charge in [-0.15, -0.1) is 0 Å². The van der Waals surface area contributed by atoms with E-state index in [2.05, 4.69) is 24.1 Å². The molecule has 0 radical (unpaired) electrons. The molecule has 1 unspecified atom stereocenters. The molecule has 1 aliphatic heterocycles. The fourth-order valence-corrected chi connectivity index (χ4v) is 4.38. The first-order chi connectivity index (χ1) is 10.8. The monoisotopic (exact) mass is 339 g/mol. The lowest BCUT2D eigenvalue weighted by Crippen LogP contribution is -2.37. The van der Waals surface area contributed by atoms with E-state index in [4.69, 9.17) is 0 Å². The van der Waals surface area contributed by atoms with E-state index < -0.39 is 9.84 Å². The van der Waals surface area contributed by atoms with Gasteiger partial charge in [-0.25, -0.2) is 8.42 Å². The summed E-state index contributed by atoms with van der Waals surface area (Å²) in [6.45, 7) is 5.14. The molecule has 7 heteroatoms. The van der Waals surface area contributed by atoms with Gasteiger partial charge in [0.05, 0.1) is 22.8 Å². The molecule has 1 N–H and O–H groups in total. The van der Waals surface area contributed by atoms with Crippen molar-refractivity contribution in [2.24, 2.45) is 5.92 Å². The number of nitrogens with zero attached hydrogens (tertiary/aromatic N) is 2. The second kappa shape index (κ2) is 7.29. The number of hydrogen-bond acceptors (Lipinski definition) is 5. The Morgan fingerprint density at radius 3 is 2.78 bits per heavy atom. The molecule has 128 valence electrons. The number of amides is 1. The van der Waals surface area contributed by atoms with Crippen molar-refractivity contribution < 1.29 is 13.2 Å². The van der Waals surface area contributed by atoms with Gasteiger partial charge in [0.1, 0.15) is 0 Å². The molecule has 0 aliphatic carbocycles. The molecule has 1 aromatic rings. The van der Waals surface area contributed by atoms with Gasteiger partial charge < -0.3 is 10.2 Å². The van der Waals surface area contributed by atoms with E-state index >= 15 is 0 Å². The summed E-state index contributed by atoms with van der Waals surface area (Å²) in [5, 5.41) is 3.26. The van der Waals surface area contributed by atoms with Gasteiger partial charge >= 0.3 is 0 Å². The molecular weight excluding hydrogens is 314 g/mol. The van der Waals surface area contributed by atoms with Crippen molar-refractivity contribution in [1.82, 2.24) is 9.88 Å². The molecular formula is C16H25N3O3S. The molecule has 0 aromatic carbocycles. The number of carbonyl (C=O) groups is 1. The van der Waals surface area contributed by atoms with Crippen LogP contribution in [0.5, 0.6) is 0 Å². The molecule has 23 heavy (non-hydrogen) atoms. The molecule has 0 spiro atoms. The normalized spacial score (nSPS) is 19.7. The van der Waals surface area contributed by atoms with Crippen molar-refractivity contribution >= 4 is 21.4 Å². The Bertz CT molecular complexity index is 658. The maximum Gasteiger partial charge on any atom is 0.255 e. The minimum Gasteiger partial charge on any atom is -0.384 e. The van der Waals surface area contributed by atoms with Crippen LogP contribution in [0.3, 0.4) is 0 Å². The van der Waals surface area contributed by atoms with Crippen molar-refractivity contribution in [2.45, 2.75) is 32.7 Å². The number of pyridine rings is 1. The van der Waals surface area contributed by atoms with E-state index in [0.717, 1.165) is 18.7 Å². The van der Waals surface area contributed by atoms with Crippen LogP contribution in [0.25, 0.3) is 0 Å². The zero-order valence-corrected chi connectivity index (χ0v) is 14.8. The van der Waals surface area contributed by atoms with Crippen LogP contribution >= 0.6 is 0 Å². The Labute approximate surface area is 138 Å². The van der Waals surface area contributed by atoms with Crippen molar-refractivity contribution in [2.75, 3.05) is 30.4 Å². The maximum absolute atomic E-state index is 12.5. The molecule has 2 heterocycles. The number of carbonyl (C=O) groups excluding carboxylic acids is 1. The first-order valence-electron chi connectivity index (χ1n) is 7.95. The summed E-state index contributed by atoms with van der Waals surface area (Å²) in [6, 6.07) is 1.53. The van der Waals surface area contributed by atoms with Crippen LogP contribution in [0.1, 0.15) is 37.0 Å². The fraction of sp³-hybridized carbons (Fsp3) is 0.625. The van der Waals surface area contributed by atoms with E-state index in [1.54, 1.807) is 19.3 Å². The van der Waals surface area contributed by atoms with Crippen LogP contribution in [0.4, 0.5) is 5.69 Å². The quantitative estimate of drug-likeness (QED) is 0.855. The Hall–Kier alpha value is -1.63. The van der Waals surface area contributed by atoms with Crippen molar-refractivity contribution in [3.05, 3.63) is 24.0 Å². The first-order valence-corrected chi connectivity index (χ1v) is 9.77. The predicted molar refractivity (Wildman–Crippen MR) is 91.3 cm³/mol. The lowest BCUT2D eigenvalue weighted by molar-refractivity contribution is 0.0747. The zero-order chi connectivity index (χ0) is 17.0. The Balaban J connectivity index is 2.01. The third kappa shape index (κ3) is 4.92. The molecule has 2 rings (SSSR count). The Kier molecular flexibility index (Phi) is 5.62. The van der Waals surface area contributed by atoms with E-state index in [1.165, 1.54) is 11.1 Å². The summed E-state index contributed by atoms with van der Waals surface area (Å²) in [5.74, 6) is 0.627. The lowest BCUT2D eigenvalue weighted by atomic mass is 10.1. The van der Waals surface area contributed by atoms with Crippen LogP contribution in [-0.4, -0.2) is 55.3 Å². The summed E-state index contributed by atoms with van der Waals surface area (Å²) in [5.41, 5.74) is 1.29. The molecule has 0 bridgehead atoms. The highest BCUT2D eigenvalue weighted by molar-refractivity contribution is 7.91.